The van der Waals surface area contributed by atoms with E-state index in [-0.39, 0.29) is 6.54 Å². The Morgan fingerprint density at radius 2 is 1.83 bits per heavy atom. The monoisotopic (exact) mass is 399 g/mol. The Bertz CT molecular complexity index is 1180. The highest BCUT2D eigenvalue weighted by Crippen LogP contribution is 2.30. The van der Waals surface area contributed by atoms with E-state index in [9.17, 15) is 18.0 Å². The second kappa shape index (κ2) is 7.08. The van der Waals surface area contributed by atoms with Crippen LogP contribution >= 0.6 is 0 Å². The first kappa shape index (κ1) is 18.7. The SMILES string of the molecule is Cc1cccn2c(NC(=O)Cn3ccc(C(F)(F)F)n3)c(-c3ccccc3)nc12. The molecule has 9 heteroatoms. The maximum atomic E-state index is 12.7. The van der Waals surface area contributed by atoms with E-state index in [1.165, 1.54) is 0 Å². The Hall–Kier alpha value is -3.62. The Balaban J connectivity index is 1.67. The lowest BCUT2D eigenvalue weighted by atomic mass is 10.1. The highest BCUT2D eigenvalue weighted by Gasteiger charge is 2.33. The number of alkyl halides is 3. The van der Waals surface area contributed by atoms with Gasteiger partial charge in [0.05, 0.1) is 0 Å². The number of nitrogens with one attached hydrogen (secondary N) is 1. The van der Waals surface area contributed by atoms with E-state index in [1.54, 1.807) is 10.6 Å². The van der Waals surface area contributed by atoms with Crippen LogP contribution in [0.5, 0.6) is 0 Å². The van der Waals surface area contributed by atoms with Crippen LogP contribution in [0.1, 0.15) is 11.3 Å². The second-order valence-corrected chi connectivity index (χ2v) is 6.50. The van der Waals surface area contributed by atoms with E-state index in [1.807, 2.05) is 49.4 Å². The van der Waals surface area contributed by atoms with Crippen LogP contribution in [-0.4, -0.2) is 25.1 Å². The van der Waals surface area contributed by atoms with Crippen molar-refractivity contribution in [2.45, 2.75) is 19.6 Å². The van der Waals surface area contributed by atoms with Gasteiger partial charge < -0.3 is 5.32 Å². The van der Waals surface area contributed by atoms with Crippen molar-refractivity contribution in [1.82, 2.24) is 19.2 Å². The average molecular weight is 399 g/mol. The molecule has 148 valence electrons. The molecule has 0 atom stereocenters. The fourth-order valence-corrected chi connectivity index (χ4v) is 3.04. The minimum absolute atomic E-state index is 0.358. The molecule has 1 aromatic carbocycles. The molecule has 0 aliphatic heterocycles. The zero-order valence-electron chi connectivity index (χ0n) is 15.3. The third-order valence-electron chi connectivity index (χ3n) is 4.39. The molecule has 1 N–H and O–H groups in total. The molecule has 0 aliphatic rings. The summed E-state index contributed by atoms with van der Waals surface area (Å²) in [5.74, 6) is -0.0644. The van der Waals surface area contributed by atoms with Crippen molar-refractivity contribution >= 4 is 17.4 Å². The normalized spacial score (nSPS) is 11.7. The fourth-order valence-electron chi connectivity index (χ4n) is 3.04. The summed E-state index contributed by atoms with van der Waals surface area (Å²) in [5, 5.41) is 6.19. The number of fused-ring (bicyclic) bond motifs is 1. The molecule has 3 aromatic heterocycles. The molecule has 0 radical (unpaired) electrons. The maximum absolute atomic E-state index is 12.7. The number of carbonyl (C=O) groups excluding carboxylic acids is 1. The number of amides is 1. The molecule has 0 spiro atoms. The predicted octanol–water partition coefficient (Wildman–Crippen LogP) is 4.16. The number of carbonyl (C=O) groups is 1. The Morgan fingerprint density at radius 1 is 1.07 bits per heavy atom. The van der Waals surface area contributed by atoms with Gasteiger partial charge in [-0.3, -0.25) is 13.9 Å². The molecule has 4 aromatic rings. The van der Waals surface area contributed by atoms with Crippen LogP contribution in [0, 0.1) is 6.92 Å². The van der Waals surface area contributed by atoms with E-state index in [0.717, 1.165) is 28.1 Å². The zero-order valence-corrected chi connectivity index (χ0v) is 15.3. The summed E-state index contributed by atoms with van der Waals surface area (Å²) in [5.41, 5.74) is 1.95. The number of imidazole rings is 1. The Morgan fingerprint density at radius 3 is 2.52 bits per heavy atom. The van der Waals surface area contributed by atoms with Crippen molar-refractivity contribution in [2.24, 2.45) is 0 Å². The molecule has 1 amide bonds. The van der Waals surface area contributed by atoms with Crippen molar-refractivity contribution in [3.63, 3.8) is 0 Å². The zero-order chi connectivity index (χ0) is 20.6. The molecule has 0 saturated carbocycles. The van der Waals surface area contributed by atoms with Crippen LogP contribution in [0.4, 0.5) is 19.0 Å². The van der Waals surface area contributed by atoms with E-state index in [0.29, 0.717) is 17.2 Å². The second-order valence-electron chi connectivity index (χ2n) is 6.50. The molecule has 3 heterocycles. The molecule has 4 rings (SSSR count). The summed E-state index contributed by atoms with van der Waals surface area (Å²) < 4.78 is 40.8. The fraction of sp³-hybridized carbons (Fsp3) is 0.150. The predicted molar refractivity (Wildman–Crippen MR) is 101 cm³/mol. The number of benzene rings is 1. The first-order chi connectivity index (χ1) is 13.8. The topological polar surface area (TPSA) is 64.2 Å². The molecule has 0 fully saturated rings. The minimum atomic E-state index is -4.55. The van der Waals surface area contributed by atoms with Gasteiger partial charge in [-0.05, 0) is 24.6 Å². The lowest BCUT2D eigenvalue weighted by Gasteiger charge is -2.08. The molecule has 0 unspecified atom stereocenters. The van der Waals surface area contributed by atoms with Crippen LogP contribution in [0.2, 0.25) is 0 Å². The van der Waals surface area contributed by atoms with Crippen molar-refractivity contribution in [3.05, 3.63) is 72.2 Å². The highest BCUT2D eigenvalue weighted by molar-refractivity contribution is 5.94. The van der Waals surface area contributed by atoms with E-state index < -0.39 is 17.8 Å². The number of rotatable bonds is 4. The van der Waals surface area contributed by atoms with Crippen LogP contribution in [0.3, 0.4) is 0 Å². The summed E-state index contributed by atoms with van der Waals surface area (Å²) >= 11 is 0. The number of hydrogen-bond donors (Lipinski definition) is 1. The Labute approximate surface area is 163 Å². The number of aromatic nitrogens is 4. The van der Waals surface area contributed by atoms with Gasteiger partial charge in [-0.25, -0.2) is 4.98 Å². The number of anilines is 1. The number of halogens is 3. The third kappa shape index (κ3) is 3.71. The number of aryl methyl sites for hydroxylation is 1. The summed E-state index contributed by atoms with van der Waals surface area (Å²) in [6.07, 6.45) is -1.66. The third-order valence-corrected chi connectivity index (χ3v) is 4.39. The van der Waals surface area contributed by atoms with Gasteiger partial charge in [0.15, 0.2) is 5.69 Å². The van der Waals surface area contributed by atoms with Crippen molar-refractivity contribution in [2.75, 3.05) is 5.32 Å². The molecular weight excluding hydrogens is 383 g/mol. The molecule has 0 aliphatic carbocycles. The summed E-state index contributed by atoms with van der Waals surface area (Å²) in [4.78, 5) is 17.2. The maximum Gasteiger partial charge on any atom is 0.435 e. The first-order valence-corrected chi connectivity index (χ1v) is 8.76. The van der Waals surface area contributed by atoms with Gasteiger partial charge in [-0.15, -0.1) is 0 Å². The largest absolute Gasteiger partial charge is 0.435 e. The molecule has 29 heavy (non-hydrogen) atoms. The van der Waals surface area contributed by atoms with Gasteiger partial charge in [0.2, 0.25) is 5.91 Å². The van der Waals surface area contributed by atoms with Crippen LogP contribution in [0.25, 0.3) is 16.9 Å². The number of nitrogens with zero attached hydrogens (tertiary/aromatic N) is 4. The van der Waals surface area contributed by atoms with Crippen LogP contribution in [-0.2, 0) is 17.5 Å². The molecule has 0 saturated heterocycles. The lowest BCUT2D eigenvalue weighted by Crippen LogP contribution is -2.21. The van der Waals surface area contributed by atoms with Crippen molar-refractivity contribution in [1.29, 1.82) is 0 Å². The van der Waals surface area contributed by atoms with E-state index >= 15 is 0 Å². The summed E-state index contributed by atoms with van der Waals surface area (Å²) in [6.45, 7) is 1.55. The highest BCUT2D eigenvalue weighted by atomic mass is 19.4. The average Bonchev–Trinajstić information content (AvgIpc) is 3.29. The number of pyridine rings is 1. The van der Waals surface area contributed by atoms with Gasteiger partial charge in [0.1, 0.15) is 23.7 Å². The van der Waals surface area contributed by atoms with Crippen molar-refractivity contribution < 1.29 is 18.0 Å². The molecule has 0 bridgehead atoms. The molecular formula is C20H16F3N5O. The Kier molecular flexibility index (Phi) is 4.57. The van der Waals surface area contributed by atoms with Gasteiger partial charge in [-0.2, -0.15) is 18.3 Å². The van der Waals surface area contributed by atoms with Crippen LogP contribution < -0.4 is 5.32 Å². The first-order valence-electron chi connectivity index (χ1n) is 8.76. The van der Waals surface area contributed by atoms with Crippen molar-refractivity contribution in [3.8, 4) is 11.3 Å². The summed E-state index contributed by atoms with van der Waals surface area (Å²) in [6, 6.07) is 13.9. The van der Waals surface area contributed by atoms with E-state index in [4.69, 9.17) is 0 Å². The van der Waals surface area contributed by atoms with Gasteiger partial charge >= 0.3 is 6.18 Å². The van der Waals surface area contributed by atoms with Gasteiger partial charge in [0.25, 0.3) is 0 Å². The lowest BCUT2D eigenvalue weighted by molar-refractivity contribution is -0.141. The number of hydrogen-bond acceptors (Lipinski definition) is 3. The summed E-state index contributed by atoms with van der Waals surface area (Å²) in [7, 11) is 0. The quantitative estimate of drug-likeness (QED) is 0.560. The standard InChI is InChI=1S/C20H16F3N5O/c1-13-6-5-10-28-18(13)25-17(14-7-3-2-4-8-14)19(28)24-16(29)12-27-11-9-15(26-27)20(21,22)23/h2-11H,12H2,1H3,(H,24,29). The van der Waals surface area contributed by atoms with Gasteiger partial charge in [-0.1, -0.05) is 36.4 Å². The van der Waals surface area contributed by atoms with E-state index in [2.05, 4.69) is 15.4 Å². The van der Waals surface area contributed by atoms with Gasteiger partial charge in [0, 0.05) is 18.0 Å². The smallest absolute Gasteiger partial charge is 0.308 e. The van der Waals surface area contributed by atoms with Crippen LogP contribution in [0.15, 0.2) is 60.9 Å². The minimum Gasteiger partial charge on any atom is -0.308 e. The molecule has 6 nitrogen and oxygen atoms in total.